The van der Waals surface area contributed by atoms with Crippen LogP contribution in [0.3, 0.4) is 0 Å². The third-order valence-electron chi connectivity index (χ3n) is 3.23. The zero-order valence-electron chi connectivity index (χ0n) is 10.4. The maximum Gasteiger partial charge on any atom is 0.417 e. The van der Waals surface area contributed by atoms with Gasteiger partial charge in [-0.1, -0.05) is 12.1 Å². The second-order valence-corrected chi connectivity index (χ2v) is 4.44. The molecular weight excluding hydrogens is 259 g/mol. The van der Waals surface area contributed by atoms with E-state index in [2.05, 4.69) is 0 Å². The predicted octanol–water partition coefficient (Wildman–Crippen LogP) is 2.57. The highest BCUT2D eigenvalue weighted by molar-refractivity contribution is 5.96. The number of methoxy groups -OCH3 is 1. The molecule has 1 amide bonds. The fraction of sp³-hybridized carbons (Fsp3) is 0.462. The summed E-state index contributed by atoms with van der Waals surface area (Å²) in [6.07, 6.45) is -3.97. The van der Waals surface area contributed by atoms with Gasteiger partial charge in [-0.25, -0.2) is 0 Å². The molecule has 0 aromatic heterocycles. The topological polar surface area (TPSA) is 29.5 Å². The third-order valence-corrected chi connectivity index (χ3v) is 3.23. The van der Waals surface area contributed by atoms with Crippen molar-refractivity contribution in [3.8, 4) is 0 Å². The summed E-state index contributed by atoms with van der Waals surface area (Å²) in [6.45, 7) is 0.755. The van der Waals surface area contributed by atoms with Crippen LogP contribution in [-0.4, -0.2) is 37.1 Å². The zero-order chi connectivity index (χ0) is 14.0. The summed E-state index contributed by atoms with van der Waals surface area (Å²) in [5, 5.41) is 0. The molecule has 1 atom stereocenters. The second kappa shape index (κ2) is 5.21. The van der Waals surface area contributed by atoms with Gasteiger partial charge in [0.1, 0.15) is 0 Å². The summed E-state index contributed by atoms with van der Waals surface area (Å²) in [7, 11) is 1.53. The number of benzene rings is 1. The molecule has 0 spiro atoms. The average Bonchev–Trinajstić information content (AvgIpc) is 2.85. The van der Waals surface area contributed by atoms with Crippen LogP contribution in [-0.2, 0) is 10.9 Å². The molecule has 1 aliphatic rings. The number of rotatable bonds is 2. The molecule has 0 aliphatic carbocycles. The lowest BCUT2D eigenvalue weighted by molar-refractivity contribution is -0.138. The maximum absolute atomic E-state index is 12.8. The number of amides is 1. The molecule has 0 radical (unpaired) electrons. The van der Waals surface area contributed by atoms with Crippen molar-refractivity contribution in [3.63, 3.8) is 0 Å². The Balaban J connectivity index is 2.25. The number of alkyl halides is 3. The van der Waals surface area contributed by atoms with E-state index in [0.29, 0.717) is 19.5 Å². The van der Waals surface area contributed by atoms with Gasteiger partial charge in [0.25, 0.3) is 5.91 Å². The zero-order valence-corrected chi connectivity index (χ0v) is 10.4. The summed E-state index contributed by atoms with van der Waals surface area (Å²) in [4.78, 5) is 13.5. The van der Waals surface area contributed by atoms with Crippen molar-refractivity contribution >= 4 is 5.91 Å². The number of hydrogen-bond acceptors (Lipinski definition) is 2. The summed E-state index contributed by atoms with van der Waals surface area (Å²) in [5.74, 6) is -0.590. The lowest BCUT2D eigenvalue weighted by Crippen LogP contribution is -2.31. The SMILES string of the molecule is COC1CCN(C(=O)c2ccccc2C(F)(F)F)C1. The van der Waals surface area contributed by atoms with Crippen LogP contribution in [0.4, 0.5) is 13.2 Å². The second-order valence-electron chi connectivity index (χ2n) is 4.44. The van der Waals surface area contributed by atoms with Crippen LogP contribution in [0.25, 0.3) is 0 Å². The van der Waals surface area contributed by atoms with Gasteiger partial charge in [0, 0.05) is 20.2 Å². The van der Waals surface area contributed by atoms with E-state index < -0.39 is 17.6 Å². The number of hydrogen-bond donors (Lipinski definition) is 0. The van der Waals surface area contributed by atoms with E-state index in [1.807, 2.05) is 0 Å². The van der Waals surface area contributed by atoms with Gasteiger partial charge < -0.3 is 9.64 Å². The van der Waals surface area contributed by atoms with Crippen LogP contribution in [0.15, 0.2) is 24.3 Å². The lowest BCUT2D eigenvalue weighted by atomic mass is 10.1. The minimum atomic E-state index is -4.52. The molecule has 0 saturated carbocycles. The first-order valence-electron chi connectivity index (χ1n) is 5.91. The molecule has 1 aromatic carbocycles. The fourth-order valence-corrected chi connectivity index (χ4v) is 2.19. The van der Waals surface area contributed by atoms with Gasteiger partial charge in [-0.15, -0.1) is 0 Å². The van der Waals surface area contributed by atoms with Crippen molar-refractivity contribution in [1.29, 1.82) is 0 Å². The number of carbonyl (C=O) groups is 1. The molecule has 1 aromatic rings. The molecular formula is C13H14F3NO2. The van der Waals surface area contributed by atoms with E-state index in [1.54, 1.807) is 0 Å². The highest BCUT2D eigenvalue weighted by Crippen LogP contribution is 2.32. The Kier molecular flexibility index (Phi) is 3.80. The molecule has 1 fully saturated rings. The first-order valence-corrected chi connectivity index (χ1v) is 5.91. The minimum Gasteiger partial charge on any atom is -0.380 e. The molecule has 1 aliphatic heterocycles. The maximum atomic E-state index is 12.8. The summed E-state index contributed by atoms with van der Waals surface area (Å²) < 4.78 is 43.6. The first kappa shape index (κ1) is 13.9. The van der Waals surface area contributed by atoms with Crippen molar-refractivity contribution in [2.24, 2.45) is 0 Å². The molecule has 1 heterocycles. The monoisotopic (exact) mass is 273 g/mol. The molecule has 3 nitrogen and oxygen atoms in total. The highest BCUT2D eigenvalue weighted by Gasteiger charge is 2.37. The van der Waals surface area contributed by atoms with Gasteiger partial charge in [0.15, 0.2) is 0 Å². The number of likely N-dealkylation sites (tertiary alicyclic amines) is 1. The Morgan fingerprint density at radius 2 is 2.05 bits per heavy atom. The van der Waals surface area contributed by atoms with Crippen LogP contribution >= 0.6 is 0 Å². The van der Waals surface area contributed by atoms with Crippen LogP contribution in [0, 0.1) is 0 Å². The van der Waals surface area contributed by atoms with E-state index in [4.69, 9.17) is 4.74 Å². The van der Waals surface area contributed by atoms with Crippen LogP contribution in [0.1, 0.15) is 22.3 Å². The Morgan fingerprint density at radius 3 is 2.63 bits per heavy atom. The van der Waals surface area contributed by atoms with Gasteiger partial charge >= 0.3 is 6.18 Å². The van der Waals surface area contributed by atoms with Crippen molar-refractivity contribution in [2.45, 2.75) is 18.7 Å². The van der Waals surface area contributed by atoms with E-state index >= 15 is 0 Å². The Hall–Kier alpha value is -1.56. The van der Waals surface area contributed by atoms with Crippen LogP contribution in [0.2, 0.25) is 0 Å². The van der Waals surface area contributed by atoms with Crippen molar-refractivity contribution in [1.82, 2.24) is 4.90 Å². The largest absolute Gasteiger partial charge is 0.417 e. The van der Waals surface area contributed by atoms with Crippen molar-refractivity contribution in [3.05, 3.63) is 35.4 Å². The Morgan fingerprint density at radius 1 is 1.37 bits per heavy atom. The standard InChI is InChI=1S/C13H14F3NO2/c1-19-9-6-7-17(8-9)12(18)10-4-2-3-5-11(10)13(14,15)16/h2-5,9H,6-8H2,1H3. The van der Waals surface area contributed by atoms with Gasteiger partial charge in [-0.05, 0) is 18.6 Å². The molecule has 0 N–H and O–H groups in total. The van der Waals surface area contributed by atoms with E-state index in [-0.39, 0.29) is 11.7 Å². The van der Waals surface area contributed by atoms with Gasteiger partial charge in [-0.3, -0.25) is 4.79 Å². The third kappa shape index (κ3) is 2.89. The minimum absolute atomic E-state index is 0.0954. The molecule has 19 heavy (non-hydrogen) atoms. The van der Waals surface area contributed by atoms with Gasteiger partial charge in [0.05, 0.1) is 17.2 Å². The first-order chi connectivity index (χ1) is 8.93. The van der Waals surface area contributed by atoms with Crippen LogP contribution < -0.4 is 0 Å². The van der Waals surface area contributed by atoms with Crippen molar-refractivity contribution in [2.75, 3.05) is 20.2 Å². The quantitative estimate of drug-likeness (QED) is 0.828. The highest BCUT2D eigenvalue weighted by atomic mass is 19.4. The normalized spacial score (nSPS) is 19.8. The number of ether oxygens (including phenoxy) is 1. The molecule has 2 rings (SSSR count). The molecule has 1 unspecified atom stereocenters. The summed E-state index contributed by atoms with van der Waals surface area (Å²) in [6, 6.07) is 4.86. The number of nitrogens with zero attached hydrogens (tertiary/aromatic N) is 1. The molecule has 6 heteroatoms. The fourth-order valence-electron chi connectivity index (χ4n) is 2.19. The lowest BCUT2D eigenvalue weighted by Gasteiger charge is -2.19. The summed E-state index contributed by atoms with van der Waals surface area (Å²) in [5.41, 5.74) is -1.19. The average molecular weight is 273 g/mol. The van der Waals surface area contributed by atoms with Crippen molar-refractivity contribution < 1.29 is 22.7 Å². The van der Waals surface area contributed by atoms with Gasteiger partial charge in [-0.2, -0.15) is 13.2 Å². The molecule has 1 saturated heterocycles. The number of carbonyl (C=O) groups excluding carboxylic acids is 1. The Bertz CT molecular complexity index is 473. The summed E-state index contributed by atoms with van der Waals surface area (Å²) >= 11 is 0. The van der Waals surface area contributed by atoms with E-state index in [9.17, 15) is 18.0 Å². The van der Waals surface area contributed by atoms with Gasteiger partial charge in [0.2, 0.25) is 0 Å². The van der Waals surface area contributed by atoms with E-state index in [0.717, 1.165) is 6.07 Å². The smallest absolute Gasteiger partial charge is 0.380 e. The predicted molar refractivity (Wildman–Crippen MR) is 62.8 cm³/mol. The molecule has 0 bridgehead atoms. The number of halogens is 3. The van der Waals surface area contributed by atoms with Crippen LogP contribution in [0.5, 0.6) is 0 Å². The molecule has 104 valence electrons. The Labute approximate surface area is 109 Å². The van der Waals surface area contributed by atoms with E-state index in [1.165, 1.54) is 30.2 Å².